The SMILES string of the molecule is N#C/C(=C/Nc1ccc(C#N)cc1)C(=O)NCCN1CCOCC1. The standard InChI is InChI=1S/C17H19N5O2/c18-11-14-1-3-16(4-2-14)21-13-15(12-19)17(23)20-5-6-22-7-9-24-10-8-22/h1-4,13,21H,5-10H2,(H,20,23)/b15-13-. The van der Waals surface area contributed by atoms with Gasteiger partial charge in [0.2, 0.25) is 0 Å². The number of carbonyl (C=O) groups is 1. The Morgan fingerprint density at radius 1 is 1.25 bits per heavy atom. The Labute approximate surface area is 141 Å². The number of amides is 1. The molecule has 1 saturated heterocycles. The molecule has 1 aliphatic heterocycles. The molecule has 0 atom stereocenters. The molecular weight excluding hydrogens is 306 g/mol. The molecule has 0 aromatic heterocycles. The van der Waals surface area contributed by atoms with Crippen LogP contribution in [0.4, 0.5) is 5.69 Å². The minimum absolute atomic E-state index is 0.00124. The normalized spacial score (nSPS) is 15.2. The summed E-state index contributed by atoms with van der Waals surface area (Å²) in [7, 11) is 0. The van der Waals surface area contributed by atoms with Gasteiger partial charge in [-0.15, -0.1) is 0 Å². The summed E-state index contributed by atoms with van der Waals surface area (Å²) in [5.74, 6) is -0.410. The van der Waals surface area contributed by atoms with Crippen molar-refractivity contribution in [1.82, 2.24) is 10.2 Å². The van der Waals surface area contributed by atoms with Crippen LogP contribution in [0.15, 0.2) is 36.0 Å². The van der Waals surface area contributed by atoms with Gasteiger partial charge in [0.1, 0.15) is 11.6 Å². The maximum absolute atomic E-state index is 12.0. The van der Waals surface area contributed by atoms with E-state index in [9.17, 15) is 4.79 Å². The summed E-state index contributed by atoms with van der Waals surface area (Å²) in [6.45, 7) is 4.36. The minimum Gasteiger partial charge on any atom is -0.379 e. The van der Waals surface area contributed by atoms with Crippen molar-refractivity contribution in [3.8, 4) is 12.1 Å². The molecule has 124 valence electrons. The molecule has 1 fully saturated rings. The lowest BCUT2D eigenvalue weighted by Crippen LogP contribution is -2.41. The van der Waals surface area contributed by atoms with E-state index < -0.39 is 5.91 Å². The Morgan fingerprint density at radius 2 is 1.96 bits per heavy atom. The van der Waals surface area contributed by atoms with Crippen molar-refractivity contribution in [1.29, 1.82) is 10.5 Å². The Hall–Kier alpha value is -2.87. The van der Waals surface area contributed by atoms with Crippen LogP contribution in [0.5, 0.6) is 0 Å². The summed E-state index contributed by atoms with van der Waals surface area (Å²) in [6.07, 6.45) is 1.37. The van der Waals surface area contributed by atoms with Crippen LogP contribution in [0, 0.1) is 22.7 Å². The Balaban J connectivity index is 1.81. The van der Waals surface area contributed by atoms with E-state index in [1.54, 1.807) is 24.3 Å². The zero-order chi connectivity index (χ0) is 17.2. The predicted octanol–water partition coefficient (Wildman–Crippen LogP) is 0.826. The number of nitrogens with zero attached hydrogens (tertiary/aromatic N) is 3. The third kappa shape index (κ3) is 5.40. The fraction of sp³-hybridized carbons (Fsp3) is 0.353. The first-order valence-electron chi connectivity index (χ1n) is 7.68. The van der Waals surface area contributed by atoms with Crippen LogP contribution >= 0.6 is 0 Å². The lowest BCUT2D eigenvalue weighted by Gasteiger charge is -2.26. The first-order valence-corrected chi connectivity index (χ1v) is 7.68. The summed E-state index contributed by atoms with van der Waals surface area (Å²) in [6, 6.07) is 10.6. The number of hydrogen-bond donors (Lipinski definition) is 2. The van der Waals surface area contributed by atoms with Crippen molar-refractivity contribution in [3.05, 3.63) is 41.6 Å². The molecule has 1 heterocycles. The van der Waals surface area contributed by atoms with Crippen molar-refractivity contribution in [2.75, 3.05) is 44.7 Å². The van der Waals surface area contributed by atoms with Crippen molar-refractivity contribution in [2.45, 2.75) is 0 Å². The minimum atomic E-state index is -0.410. The maximum atomic E-state index is 12.0. The van der Waals surface area contributed by atoms with Gasteiger partial charge in [0.15, 0.2) is 0 Å². The van der Waals surface area contributed by atoms with Crippen LogP contribution in [-0.2, 0) is 9.53 Å². The number of rotatable bonds is 6. The van der Waals surface area contributed by atoms with Gasteiger partial charge < -0.3 is 15.4 Å². The molecule has 0 saturated carbocycles. The van der Waals surface area contributed by atoms with Crippen LogP contribution in [0.25, 0.3) is 0 Å². The van der Waals surface area contributed by atoms with E-state index in [1.165, 1.54) is 6.20 Å². The number of anilines is 1. The summed E-state index contributed by atoms with van der Waals surface area (Å²) < 4.78 is 5.26. The van der Waals surface area contributed by atoms with Gasteiger partial charge in [-0.05, 0) is 24.3 Å². The monoisotopic (exact) mass is 325 g/mol. The van der Waals surface area contributed by atoms with E-state index >= 15 is 0 Å². The Bertz CT molecular complexity index is 664. The van der Waals surface area contributed by atoms with Gasteiger partial charge in [0.25, 0.3) is 5.91 Å². The highest BCUT2D eigenvalue weighted by Gasteiger charge is 2.12. The van der Waals surface area contributed by atoms with E-state index in [4.69, 9.17) is 15.3 Å². The first kappa shape index (κ1) is 17.5. The lowest BCUT2D eigenvalue weighted by molar-refractivity contribution is -0.117. The second-order valence-electron chi connectivity index (χ2n) is 5.21. The number of ether oxygens (including phenoxy) is 1. The van der Waals surface area contributed by atoms with Gasteiger partial charge in [0.05, 0.1) is 24.8 Å². The number of nitrogens with one attached hydrogen (secondary N) is 2. The van der Waals surface area contributed by atoms with Crippen molar-refractivity contribution >= 4 is 11.6 Å². The first-order chi connectivity index (χ1) is 11.7. The highest BCUT2D eigenvalue weighted by Crippen LogP contribution is 2.09. The molecule has 0 bridgehead atoms. The van der Waals surface area contributed by atoms with Crippen molar-refractivity contribution in [3.63, 3.8) is 0 Å². The van der Waals surface area contributed by atoms with Gasteiger partial charge in [-0.2, -0.15) is 10.5 Å². The molecule has 0 spiro atoms. The molecule has 1 amide bonds. The largest absolute Gasteiger partial charge is 0.379 e. The third-order valence-electron chi connectivity index (χ3n) is 3.58. The molecule has 2 rings (SSSR count). The van der Waals surface area contributed by atoms with Gasteiger partial charge in [0, 0.05) is 38.1 Å². The Morgan fingerprint density at radius 3 is 2.58 bits per heavy atom. The molecule has 7 nitrogen and oxygen atoms in total. The summed E-state index contributed by atoms with van der Waals surface area (Å²) >= 11 is 0. The lowest BCUT2D eigenvalue weighted by atomic mass is 10.2. The fourth-order valence-electron chi connectivity index (χ4n) is 2.19. The average molecular weight is 325 g/mol. The molecule has 1 aromatic rings. The molecule has 0 aliphatic carbocycles. The van der Waals surface area contributed by atoms with Gasteiger partial charge in [-0.25, -0.2) is 0 Å². The van der Waals surface area contributed by atoms with Crippen LogP contribution in [0.1, 0.15) is 5.56 Å². The molecule has 0 unspecified atom stereocenters. The molecular formula is C17H19N5O2. The molecule has 0 radical (unpaired) electrons. The van der Waals surface area contributed by atoms with Crippen LogP contribution in [-0.4, -0.2) is 50.2 Å². The van der Waals surface area contributed by atoms with Crippen LogP contribution in [0.3, 0.4) is 0 Å². The predicted molar refractivity (Wildman–Crippen MR) is 88.7 cm³/mol. The molecule has 24 heavy (non-hydrogen) atoms. The highest BCUT2D eigenvalue weighted by atomic mass is 16.5. The zero-order valence-corrected chi connectivity index (χ0v) is 13.3. The number of carbonyl (C=O) groups excluding carboxylic acids is 1. The summed E-state index contributed by atoms with van der Waals surface area (Å²) in [5, 5.41) is 23.5. The molecule has 1 aliphatic rings. The summed E-state index contributed by atoms with van der Waals surface area (Å²) in [4.78, 5) is 14.2. The van der Waals surface area contributed by atoms with Gasteiger partial charge >= 0.3 is 0 Å². The van der Waals surface area contributed by atoms with E-state index in [0.29, 0.717) is 31.0 Å². The van der Waals surface area contributed by atoms with Crippen LogP contribution < -0.4 is 10.6 Å². The van der Waals surface area contributed by atoms with Crippen molar-refractivity contribution < 1.29 is 9.53 Å². The smallest absolute Gasteiger partial charge is 0.263 e. The number of hydrogen-bond acceptors (Lipinski definition) is 6. The number of morpholine rings is 1. The number of nitriles is 2. The second kappa shape index (κ2) is 9.31. The quantitative estimate of drug-likeness (QED) is 0.593. The third-order valence-corrected chi connectivity index (χ3v) is 3.58. The molecule has 1 aromatic carbocycles. The summed E-state index contributed by atoms with van der Waals surface area (Å²) in [5.41, 5.74) is 1.25. The molecule has 7 heteroatoms. The number of benzene rings is 1. The Kier molecular flexibility index (Phi) is 6.78. The average Bonchev–Trinajstić information content (AvgIpc) is 2.63. The van der Waals surface area contributed by atoms with E-state index in [0.717, 1.165) is 19.6 Å². The van der Waals surface area contributed by atoms with E-state index in [2.05, 4.69) is 15.5 Å². The van der Waals surface area contributed by atoms with Crippen LogP contribution in [0.2, 0.25) is 0 Å². The van der Waals surface area contributed by atoms with E-state index in [-0.39, 0.29) is 5.57 Å². The van der Waals surface area contributed by atoms with Gasteiger partial charge in [-0.3, -0.25) is 9.69 Å². The highest BCUT2D eigenvalue weighted by molar-refractivity contribution is 5.97. The zero-order valence-electron chi connectivity index (χ0n) is 13.3. The second-order valence-corrected chi connectivity index (χ2v) is 5.21. The maximum Gasteiger partial charge on any atom is 0.263 e. The van der Waals surface area contributed by atoms with E-state index in [1.807, 2.05) is 12.1 Å². The van der Waals surface area contributed by atoms with Gasteiger partial charge in [-0.1, -0.05) is 0 Å². The van der Waals surface area contributed by atoms with Crippen molar-refractivity contribution in [2.24, 2.45) is 0 Å². The topological polar surface area (TPSA) is 101 Å². The fourth-order valence-corrected chi connectivity index (χ4v) is 2.19. The molecule has 2 N–H and O–H groups in total.